The van der Waals surface area contributed by atoms with Gasteiger partial charge in [0, 0.05) is 20.0 Å². The SMILES string of the molecule is C=CC/C(F)=C/C=C(/C)F.C=CC/C(F)=C/CC.CO.[K+].[OH-]. The zero-order chi connectivity index (χ0) is 16.4. The smallest absolute Gasteiger partial charge is 0.870 e. The summed E-state index contributed by atoms with van der Waals surface area (Å²) in [4.78, 5) is 0. The molecule has 0 aromatic carbocycles. The van der Waals surface area contributed by atoms with E-state index in [0.717, 1.165) is 25.7 Å². The molecular weight excluding hydrogens is 320 g/mol. The predicted molar refractivity (Wildman–Crippen MR) is 83.2 cm³/mol. The van der Waals surface area contributed by atoms with Gasteiger partial charge < -0.3 is 10.6 Å². The topological polar surface area (TPSA) is 50.2 Å². The van der Waals surface area contributed by atoms with Crippen molar-refractivity contribution < 1.29 is 75.1 Å². The van der Waals surface area contributed by atoms with E-state index >= 15 is 0 Å². The third kappa shape index (κ3) is 36.9. The van der Waals surface area contributed by atoms with Crippen molar-refractivity contribution in [1.82, 2.24) is 0 Å². The summed E-state index contributed by atoms with van der Waals surface area (Å²) in [5, 5.41) is 7.00. The van der Waals surface area contributed by atoms with Crippen molar-refractivity contribution in [2.24, 2.45) is 0 Å². The zero-order valence-corrected chi connectivity index (χ0v) is 17.1. The van der Waals surface area contributed by atoms with Crippen LogP contribution in [0, 0.1) is 0 Å². The Morgan fingerprint density at radius 3 is 1.68 bits per heavy atom. The van der Waals surface area contributed by atoms with Gasteiger partial charge in [-0.25, -0.2) is 13.2 Å². The first-order valence-corrected chi connectivity index (χ1v) is 6.17. The number of hydrogen-bond acceptors (Lipinski definition) is 2. The maximum absolute atomic E-state index is 12.3. The Labute approximate surface area is 174 Å². The third-order valence-corrected chi connectivity index (χ3v) is 1.60. The molecule has 0 saturated carbocycles. The summed E-state index contributed by atoms with van der Waals surface area (Å²) in [5.41, 5.74) is 0. The van der Waals surface area contributed by atoms with E-state index in [1.54, 1.807) is 12.2 Å². The molecule has 0 aliphatic heterocycles. The maximum Gasteiger partial charge on any atom is 1.00 e. The van der Waals surface area contributed by atoms with Crippen molar-refractivity contribution in [2.75, 3.05) is 7.11 Å². The monoisotopic (exact) mass is 346 g/mol. The summed E-state index contributed by atoms with van der Waals surface area (Å²) >= 11 is 0. The molecule has 0 unspecified atom stereocenters. The van der Waals surface area contributed by atoms with Gasteiger partial charge in [-0.1, -0.05) is 25.2 Å². The Kier molecular flexibility index (Phi) is 44.5. The number of rotatable bonds is 6. The Morgan fingerprint density at radius 2 is 1.36 bits per heavy atom. The van der Waals surface area contributed by atoms with E-state index in [1.807, 2.05) is 6.92 Å². The summed E-state index contributed by atoms with van der Waals surface area (Å²) in [6, 6.07) is 0. The Bertz CT molecular complexity index is 334. The molecule has 2 N–H and O–H groups in total. The van der Waals surface area contributed by atoms with Crippen molar-refractivity contribution in [1.29, 1.82) is 0 Å². The van der Waals surface area contributed by atoms with Crippen molar-refractivity contribution in [3.8, 4) is 0 Å². The fourth-order valence-corrected chi connectivity index (χ4v) is 0.854. The molecule has 6 heteroatoms. The molecule has 0 fully saturated rings. The van der Waals surface area contributed by atoms with E-state index in [-0.39, 0.29) is 74.9 Å². The molecule has 0 heterocycles. The van der Waals surface area contributed by atoms with Gasteiger partial charge in [-0.3, -0.25) is 0 Å². The van der Waals surface area contributed by atoms with Crippen LogP contribution in [0.5, 0.6) is 0 Å². The fourth-order valence-electron chi connectivity index (χ4n) is 0.854. The molecule has 0 aromatic heterocycles. The molecule has 2 nitrogen and oxygen atoms in total. The van der Waals surface area contributed by atoms with Crippen LogP contribution in [0.4, 0.5) is 13.2 Å². The normalized spacial score (nSPS) is 10.6. The summed E-state index contributed by atoms with van der Waals surface area (Å²) in [7, 11) is 1.00. The minimum absolute atomic E-state index is 0. The average molecular weight is 346 g/mol. The second-order valence-corrected chi connectivity index (χ2v) is 3.41. The van der Waals surface area contributed by atoms with Crippen LogP contribution in [0.25, 0.3) is 0 Å². The van der Waals surface area contributed by atoms with Gasteiger partial charge in [0.05, 0.1) is 11.7 Å². The third-order valence-electron chi connectivity index (χ3n) is 1.60. The molecule has 0 saturated heterocycles. The number of aliphatic hydroxyl groups is 1. The van der Waals surface area contributed by atoms with Gasteiger partial charge in [0.25, 0.3) is 0 Å². The summed E-state index contributed by atoms with van der Waals surface area (Å²) < 4.78 is 36.5. The van der Waals surface area contributed by atoms with E-state index in [0.29, 0.717) is 6.42 Å². The van der Waals surface area contributed by atoms with E-state index in [2.05, 4.69) is 13.2 Å². The van der Waals surface area contributed by atoms with Gasteiger partial charge in [0.1, 0.15) is 5.83 Å². The fraction of sp³-hybridized carbons (Fsp3) is 0.375. The first-order valence-electron chi connectivity index (χ1n) is 6.17. The standard InChI is InChI=1S/C8H10F2.C7H11F.CH4O.K.H2O/c1-3-4-8(10)6-5-7(2)9;1-3-5-7(8)6-4-2;1-2;;/h3,5-6H,1,4H2,2H3;3,6H,1,4-5H2,2H3;2H,1H3;;1H2/q;;;+1;/p-1/b7-5-,8-6-;7-6-;;;. The van der Waals surface area contributed by atoms with Gasteiger partial charge >= 0.3 is 51.4 Å². The molecule has 0 aliphatic rings. The van der Waals surface area contributed by atoms with E-state index in [9.17, 15) is 13.2 Å². The van der Waals surface area contributed by atoms with E-state index < -0.39 is 5.83 Å². The molecule has 0 aliphatic carbocycles. The molecule has 22 heavy (non-hydrogen) atoms. The van der Waals surface area contributed by atoms with Gasteiger partial charge in [-0.2, -0.15) is 0 Å². The van der Waals surface area contributed by atoms with Crippen LogP contribution in [0.15, 0.2) is 61.0 Å². The molecule has 0 spiro atoms. The largest absolute Gasteiger partial charge is 1.00 e. The van der Waals surface area contributed by atoms with Crippen molar-refractivity contribution in [2.45, 2.75) is 33.1 Å². The van der Waals surface area contributed by atoms with Gasteiger partial charge in [0.2, 0.25) is 0 Å². The predicted octanol–water partition coefficient (Wildman–Crippen LogP) is 2.55. The van der Waals surface area contributed by atoms with Crippen LogP contribution >= 0.6 is 0 Å². The van der Waals surface area contributed by atoms with Crippen molar-refractivity contribution in [3.05, 3.63) is 61.0 Å². The minimum atomic E-state index is -0.404. The van der Waals surface area contributed by atoms with Crippen LogP contribution in [-0.2, 0) is 0 Å². The number of aliphatic hydroxyl groups excluding tert-OH is 1. The van der Waals surface area contributed by atoms with Crippen LogP contribution < -0.4 is 51.4 Å². The first-order chi connectivity index (χ1) is 9.47. The molecule has 0 rings (SSSR count). The molecule has 0 bridgehead atoms. The van der Waals surface area contributed by atoms with Gasteiger partial charge in [-0.05, 0) is 25.5 Å². The molecule has 0 aromatic rings. The molecule has 0 radical (unpaired) electrons. The molecule has 124 valence electrons. The Morgan fingerprint density at radius 1 is 0.955 bits per heavy atom. The zero-order valence-electron chi connectivity index (χ0n) is 14.0. The minimum Gasteiger partial charge on any atom is -0.870 e. The van der Waals surface area contributed by atoms with Crippen molar-refractivity contribution >= 4 is 0 Å². The van der Waals surface area contributed by atoms with Gasteiger partial charge in [0.15, 0.2) is 0 Å². The van der Waals surface area contributed by atoms with E-state index in [1.165, 1.54) is 13.0 Å². The van der Waals surface area contributed by atoms with Crippen molar-refractivity contribution in [3.63, 3.8) is 0 Å². The van der Waals surface area contributed by atoms with Gasteiger partial charge in [-0.15, -0.1) is 13.2 Å². The summed E-state index contributed by atoms with van der Waals surface area (Å²) in [6.45, 7) is 9.90. The molecule has 0 amide bonds. The summed E-state index contributed by atoms with van der Waals surface area (Å²) in [5.74, 6) is -0.867. The molecular formula is C16H26F3KO2. The quantitative estimate of drug-likeness (QED) is 0.456. The van der Waals surface area contributed by atoms with Crippen LogP contribution in [0.1, 0.15) is 33.1 Å². The number of hydrogen-bond donors (Lipinski definition) is 1. The average Bonchev–Trinajstić information content (AvgIpc) is 2.40. The first kappa shape index (κ1) is 33.6. The second-order valence-electron chi connectivity index (χ2n) is 3.41. The maximum atomic E-state index is 12.3. The second kappa shape index (κ2) is 29.1. The summed E-state index contributed by atoms with van der Waals surface area (Å²) in [6.07, 6.45) is 8.00. The van der Waals surface area contributed by atoms with Crippen LogP contribution in [0.2, 0.25) is 0 Å². The number of halogens is 3. The van der Waals surface area contributed by atoms with Crippen LogP contribution in [0.3, 0.4) is 0 Å². The Balaban J connectivity index is -0.0000000737. The number of allylic oxidation sites excluding steroid dienone is 8. The Hall–Kier alpha value is 0.0464. The van der Waals surface area contributed by atoms with Crippen LogP contribution in [-0.4, -0.2) is 17.7 Å². The van der Waals surface area contributed by atoms with E-state index in [4.69, 9.17) is 5.11 Å². The molecule has 0 atom stereocenters.